The first kappa shape index (κ1) is 24.3. The van der Waals surface area contributed by atoms with Gasteiger partial charge in [-0.1, -0.05) is 12.1 Å². The van der Waals surface area contributed by atoms with Gasteiger partial charge in [-0.05, 0) is 72.0 Å². The summed E-state index contributed by atoms with van der Waals surface area (Å²) in [6, 6.07) is 9.77. The van der Waals surface area contributed by atoms with Crippen molar-refractivity contribution in [2.24, 2.45) is 11.3 Å². The molecule has 3 saturated carbocycles. The summed E-state index contributed by atoms with van der Waals surface area (Å²) in [5.41, 5.74) is -4.68. The fourth-order valence-corrected chi connectivity index (χ4v) is 6.58. The fourth-order valence-electron chi connectivity index (χ4n) is 6.58. The molecular weight excluding hydrogens is 490 g/mol. The number of alkyl halides is 2. The van der Waals surface area contributed by atoms with Crippen LogP contribution in [-0.2, 0) is 17.6 Å². The summed E-state index contributed by atoms with van der Waals surface area (Å²) in [6.07, 6.45) is 1.49. The van der Waals surface area contributed by atoms with Crippen molar-refractivity contribution in [1.29, 1.82) is 0 Å². The SMILES string of the molecule is CN1CC(COc2ccc(C34CC(C(F)(F)[C@@](O)(Cn5cnnn5)c5ccc(F)cc5F)(C3)C4)cc2)C1. The molecule has 196 valence electrons. The van der Waals surface area contributed by atoms with Crippen molar-refractivity contribution in [3.63, 3.8) is 0 Å². The molecule has 2 aromatic carbocycles. The average Bonchev–Trinajstić information content (AvgIpc) is 3.27. The maximum Gasteiger partial charge on any atom is 0.287 e. The van der Waals surface area contributed by atoms with E-state index in [1.54, 1.807) is 0 Å². The molecule has 3 aliphatic carbocycles. The number of hydrogen-bond acceptors (Lipinski definition) is 6. The first-order valence-electron chi connectivity index (χ1n) is 12.2. The third-order valence-corrected chi connectivity index (χ3v) is 8.47. The largest absolute Gasteiger partial charge is 0.493 e. The zero-order valence-electron chi connectivity index (χ0n) is 20.2. The number of tetrazole rings is 1. The second-order valence-electron chi connectivity index (χ2n) is 11.1. The molecule has 11 heteroatoms. The lowest BCUT2D eigenvalue weighted by Gasteiger charge is -2.74. The Balaban J connectivity index is 1.21. The highest BCUT2D eigenvalue weighted by Crippen LogP contribution is 2.80. The van der Waals surface area contributed by atoms with Crippen molar-refractivity contribution < 1.29 is 27.4 Å². The lowest BCUT2D eigenvalue weighted by molar-refractivity contribution is -0.347. The van der Waals surface area contributed by atoms with Crippen molar-refractivity contribution >= 4 is 0 Å². The van der Waals surface area contributed by atoms with Crippen LogP contribution in [0.5, 0.6) is 5.75 Å². The number of benzene rings is 2. The van der Waals surface area contributed by atoms with Gasteiger partial charge in [0.25, 0.3) is 5.92 Å². The van der Waals surface area contributed by atoms with Crippen LogP contribution < -0.4 is 4.74 Å². The van der Waals surface area contributed by atoms with E-state index in [2.05, 4.69) is 27.5 Å². The minimum atomic E-state index is -3.74. The van der Waals surface area contributed by atoms with E-state index in [1.165, 1.54) is 0 Å². The van der Waals surface area contributed by atoms with E-state index < -0.39 is 46.1 Å². The number of rotatable bonds is 9. The van der Waals surface area contributed by atoms with Crippen LogP contribution in [0.15, 0.2) is 48.8 Å². The first-order valence-corrected chi connectivity index (χ1v) is 12.2. The van der Waals surface area contributed by atoms with Crippen molar-refractivity contribution in [1.82, 2.24) is 25.1 Å². The van der Waals surface area contributed by atoms with E-state index in [0.29, 0.717) is 18.6 Å². The first-order chi connectivity index (χ1) is 17.6. The molecule has 1 aromatic heterocycles. The summed E-state index contributed by atoms with van der Waals surface area (Å²) in [6.45, 7) is 1.88. The van der Waals surface area contributed by atoms with Crippen LogP contribution in [0.2, 0.25) is 0 Å². The Morgan fingerprint density at radius 3 is 2.38 bits per heavy atom. The molecule has 1 saturated heterocycles. The molecule has 4 fully saturated rings. The Kier molecular flexibility index (Phi) is 5.40. The molecular formula is C26H27F4N5O2. The van der Waals surface area contributed by atoms with Gasteiger partial charge in [0.2, 0.25) is 0 Å². The number of halogens is 4. The summed E-state index contributed by atoms with van der Waals surface area (Å²) in [4.78, 5) is 2.22. The number of ether oxygens (including phenoxy) is 1. The quantitative estimate of drug-likeness (QED) is 0.438. The van der Waals surface area contributed by atoms with Gasteiger partial charge in [0.05, 0.1) is 13.2 Å². The van der Waals surface area contributed by atoms with E-state index >= 15 is 8.78 Å². The lowest BCUT2D eigenvalue weighted by atomic mass is 9.30. The second-order valence-corrected chi connectivity index (χ2v) is 11.1. The number of nitrogens with zero attached hydrogens (tertiary/aromatic N) is 5. The zero-order valence-corrected chi connectivity index (χ0v) is 20.2. The fraction of sp³-hybridized carbons (Fsp3) is 0.500. The predicted molar refractivity (Wildman–Crippen MR) is 124 cm³/mol. The monoisotopic (exact) mass is 517 g/mol. The highest BCUT2D eigenvalue weighted by molar-refractivity contribution is 5.44. The topological polar surface area (TPSA) is 76.3 Å². The summed E-state index contributed by atoms with van der Waals surface area (Å²) in [5, 5.41) is 21.9. The molecule has 2 bridgehead atoms. The highest BCUT2D eigenvalue weighted by Gasteiger charge is 2.82. The van der Waals surface area contributed by atoms with Gasteiger partial charge in [-0.3, -0.25) is 0 Å². The van der Waals surface area contributed by atoms with E-state index in [0.717, 1.165) is 47.5 Å². The highest BCUT2D eigenvalue weighted by atomic mass is 19.3. The Labute approximate surface area is 211 Å². The Hall–Kier alpha value is -3.05. The molecule has 0 radical (unpaired) electrons. The molecule has 4 aliphatic rings. The summed E-state index contributed by atoms with van der Waals surface area (Å²) in [7, 11) is 2.06. The molecule has 1 atom stereocenters. The maximum absolute atomic E-state index is 16.3. The van der Waals surface area contributed by atoms with Gasteiger partial charge in [-0.15, -0.1) is 5.10 Å². The van der Waals surface area contributed by atoms with Crippen molar-refractivity contribution in [3.8, 4) is 5.75 Å². The van der Waals surface area contributed by atoms with Crippen LogP contribution in [0.4, 0.5) is 17.6 Å². The summed E-state index contributed by atoms with van der Waals surface area (Å²) >= 11 is 0. The summed E-state index contributed by atoms with van der Waals surface area (Å²) in [5.74, 6) is -4.66. The van der Waals surface area contributed by atoms with Crippen LogP contribution in [0.1, 0.15) is 30.4 Å². The van der Waals surface area contributed by atoms with Crippen molar-refractivity contribution in [3.05, 3.63) is 71.6 Å². The standard InChI is InChI=1S/C26H27F4N5O2/c1-34-9-17(10-34)11-37-20-5-2-18(3-6-20)23-12-24(13-23,14-23)26(29,30)25(36,15-35-16-31-32-33-35)21-7-4-19(27)8-22(21)28/h2-8,16-17,36H,9-15H2,1H3/t23?,24?,25-/m1/s1. The van der Waals surface area contributed by atoms with Gasteiger partial charge in [0.15, 0.2) is 5.60 Å². The summed E-state index contributed by atoms with van der Waals surface area (Å²) < 4.78 is 67.7. The van der Waals surface area contributed by atoms with E-state index in [4.69, 9.17) is 4.74 Å². The van der Waals surface area contributed by atoms with E-state index in [1.807, 2.05) is 24.3 Å². The molecule has 0 spiro atoms. The number of aromatic nitrogens is 4. The predicted octanol–water partition coefficient (Wildman–Crippen LogP) is 3.54. The van der Waals surface area contributed by atoms with Gasteiger partial charge in [-0.2, -0.15) is 0 Å². The van der Waals surface area contributed by atoms with Gasteiger partial charge < -0.3 is 14.7 Å². The van der Waals surface area contributed by atoms with Crippen molar-refractivity contribution in [2.45, 2.75) is 42.7 Å². The Bertz CT molecular complexity index is 1280. The minimum absolute atomic E-state index is 0.141. The van der Waals surface area contributed by atoms with Crippen LogP contribution in [0.3, 0.4) is 0 Å². The normalized spacial score (nSPS) is 27.1. The van der Waals surface area contributed by atoms with Crippen LogP contribution >= 0.6 is 0 Å². The van der Waals surface area contributed by atoms with Crippen molar-refractivity contribution in [2.75, 3.05) is 26.7 Å². The Morgan fingerprint density at radius 1 is 1.08 bits per heavy atom. The molecule has 3 aromatic rings. The molecule has 37 heavy (non-hydrogen) atoms. The molecule has 7 rings (SSSR count). The van der Waals surface area contributed by atoms with Gasteiger partial charge in [0, 0.05) is 36.1 Å². The zero-order chi connectivity index (χ0) is 26.1. The van der Waals surface area contributed by atoms with E-state index in [9.17, 15) is 13.9 Å². The molecule has 0 amide bonds. The van der Waals surface area contributed by atoms with Crippen LogP contribution in [0.25, 0.3) is 0 Å². The van der Waals surface area contributed by atoms with Gasteiger partial charge >= 0.3 is 0 Å². The number of likely N-dealkylation sites (tertiary alicyclic amines) is 1. The second kappa shape index (κ2) is 8.22. The third kappa shape index (κ3) is 3.65. The molecule has 1 N–H and O–H groups in total. The molecule has 2 heterocycles. The van der Waals surface area contributed by atoms with Gasteiger partial charge in [0.1, 0.15) is 23.7 Å². The molecule has 0 unspecified atom stereocenters. The average molecular weight is 518 g/mol. The maximum atomic E-state index is 16.3. The van der Waals surface area contributed by atoms with Gasteiger partial charge in [-0.25, -0.2) is 22.2 Å². The smallest absolute Gasteiger partial charge is 0.287 e. The number of hydrogen-bond donors (Lipinski definition) is 1. The molecule has 1 aliphatic heterocycles. The minimum Gasteiger partial charge on any atom is -0.493 e. The van der Waals surface area contributed by atoms with Crippen LogP contribution in [-0.4, -0.2) is 62.9 Å². The molecule has 7 nitrogen and oxygen atoms in total. The Morgan fingerprint density at radius 2 is 1.78 bits per heavy atom. The van der Waals surface area contributed by atoms with Crippen LogP contribution in [0, 0.1) is 23.0 Å². The number of aliphatic hydroxyl groups is 1. The lowest BCUT2D eigenvalue weighted by Crippen LogP contribution is -2.76. The van der Waals surface area contributed by atoms with E-state index in [-0.39, 0.29) is 19.3 Å². The third-order valence-electron chi connectivity index (χ3n) is 8.47.